The molecule has 27 heavy (non-hydrogen) atoms. The fraction of sp³-hybridized carbons (Fsp3) is 0.150. The maximum Gasteiger partial charge on any atom is 0.251 e. The van der Waals surface area contributed by atoms with E-state index in [2.05, 4.69) is 21.6 Å². The first-order valence-corrected chi connectivity index (χ1v) is 10.0. The van der Waals surface area contributed by atoms with Gasteiger partial charge in [-0.3, -0.25) is 4.79 Å². The van der Waals surface area contributed by atoms with E-state index in [0.717, 1.165) is 16.5 Å². The molecule has 0 fully saturated rings. The Morgan fingerprint density at radius 1 is 1.11 bits per heavy atom. The van der Waals surface area contributed by atoms with Gasteiger partial charge in [0.15, 0.2) is 0 Å². The highest BCUT2D eigenvalue weighted by Gasteiger charge is 2.14. The maximum absolute atomic E-state index is 12.3. The van der Waals surface area contributed by atoms with Crippen LogP contribution in [0.2, 0.25) is 0 Å². The number of rotatable bonds is 8. The van der Waals surface area contributed by atoms with Gasteiger partial charge in [-0.2, -0.15) is 0 Å². The molecule has 1 aromatic heterocycles. The highest BCUT2D eigenvalue weighted by Crippen LogP contribution is 2.17. The smallest absolute Gasteiger partial charge is 0.251 e. The van der Waals surface area contributed by atoms with Gasteiger partial charge in [-0.1, -0.05) is 24.3 Å². The molecule has 1 amide bonds. The van der Waals surface area contributed by atoms with E-state index in [1.165, 1.54) is 30.3 Å². The number of hydrogen-bond acceptors (Lipinski definition) is 3. The lowest BCUT2D eigenvalue weighted by Gasteiger charge is -2.07. The predicted molar refractivity (Wildman–Crippen MR) is 106 cm³/mol. The molecule has 0 aliphatic heterocycles. The number of carbonyl (C=O) groups is 1. The van der Waals surface area contributed by atoms with Gasteiger partial charge in [0.25, 0.3) is 5.91 Å². The summed E-state index contributed by atoms with van der Waals surface area (Å²) in [6, 6.07) is 13.9. The van der Waals surface area contributed by atoms with E-state index in [9.17, 15) is 13.2 Å². The quantitative estimate of drug-likeness (QED) is 0.522. The van der Waals surface area contributed by atoms with Crippen LogP contribution in [0.15, 0.2) is 72.3 Å². The molecular formula is C20H21N3O3S. The largest absolute Gasteiger partial charge is 0.361 e. The van der Waals surface area contributed by atoms with Crippen molar-refractivity contribution in [2.24, 2.45) is 0 Å². The average Bonchev–Trinajstić information content (AvgIpc) is 3.10. The third-order valence-electron chi connectivity index (χ3n) is 4.20. The van der Waals surface area contributed by atoms with Gasteiger partial charge in [0, 0.05) is 35.8 Å². The van der Waals surface area contributed by atoms with Gasteiger partial charge in [0.05, 0.1) is 4.90 Å². The normalized spacial score (nSPS) is 11.4. The van der Waals surface area contributed by atoms with Crippen LogP contribution in [0.1, 0.15) is 15.9 Å². The number of aromatic amines is 1. The van der Waals surface area contributed by atoms with E-state index < -0.39 is 10.0 Å². The molecule has 0 unspecified atom stereocenters. The first-order chi connectivity index (χ1) is 13.0. The SMILES string of the molecule is C=CCNS(=O)(=O)c1ccc(C(=O)NCCc2c[nH]c3ccccc23)cc1. The number of carbonyl (C=O) groups excluding carboxylic acids is 1. The molecule has 0 atom stereocenters. The summed E-state index contributed by atoms with van der Waals surface area (Å²) in [6.07, 6.45) is 4.12. The fourth-order valence-corrected chi connectivity index (χ4v) is 3.79. The first kappa shape index (κ1) is 18.9. The first-order valence-electron chi connectivity index (χ1n) is 8.55. The molecule has 3 rings (SSSR count). The standard InChI is InChI=1S/C20H21N3O3S/c1-2-12-23-27(25,26)17-9-7-15(8-10-17)20(24)21-13-11-16-14-22-19-6-4-3-5-18(16)19/h2-10,14,22-23H,1,11-13H2,(H,21,24). The summed E-state index contributed by atoms with van der Waals surface area (Å²) in [7, 11) is -3.59. The second kappa shape index (κ2) is 8.20. The van der Waals surface area contributed by atoms with Crippen molar-refractivity contribution in [2.75, 3.05) is 13.1 Å². The summed E-state index contributed by atoms with van der Waals surface area (Å²) in [5, 5.41) is 4.01. The Morgan fingerprint density at radius 3 is 2.59 bits per heavy atom. The minimum absolute atomic E-state index is 0.111. The van der Waals surface area contributed by atoms with E-state index in [1.807, 2.05) is 30.5 Å². The summed E-state index contributed by atoms with van der Waals surface area (Å²) in [6.45, 7) is 4.12. The summed E-state index contributed by atoms with van der Waals surface area (Å²) < 4.78 is 26.4. The number of hydrogen-bond donors (Lipinski definition) is 3. The Kier molecular flexibility index (Phi) is 5.73. The Hall–Kier alpha value is -2.90. The van der Waals surface area contributed by atoms with Gasteiger partial charge in [0.2, 0.25) is 10.0 Å². The molecule has 140 valence electrons. The maximum atomic E-state index is 12.3. The Balaban J connectivity index is 1.59. The number of H-pyrrole nitrogens is 1. The zero-order valence-electron chi connectivity index (χ0n) is 14.7. The molecule has 6 nitrogen and oxygen atoms in total. The van der Waals surface area contributed by atoms with Crippen molar-refractivity contribution >= 4 is 26.8 Å². The Morgan fingerprint density at radius 2 is 1.85 bits per heavy atom. The van der Waals surface area contributed by atoms with Crippen LogP contribution in [-0.2, 0) is 16.4 Å². The van der Waals surface area contributed by atoms with Crippen molar-refractivity contribution in [2.45, 2.75) is 11.3 Å². The van der Waals surface area contributed by atoms with E-state index in [1.54, 1.807) is 0 Å². The summed E-state index contributed by atoms with van der Waals surface area (Å²) in [4.78, 5) is 15.6. The molecular weight excluding hydrogens is 362 g/mol. The molecule has 1 heterocycles. The molecule has 7 heteroatoms. The topological polar surface area (TPSA) is 91.1 Å². The zero-order chi connectivity index (χ0) is 19.3. The molecule has 0 spiro atoms. The third-order valence-corrected chi connectivity index (χ3v) is 5.64. The number of fused-ring (bicyclic) bond motifs is 1. The van der Waals surface area contributed by atoms with Gasteiger partial charge in [-0.15, -0.1) is 6.58 Å². The van der Waals surface area contributed by atoms with Crippen LogP contribution in [0.4, 0.5) is 0 Å². The van der Waals surface area contributed by atoms with Gasteiger partial charge in [-0.25, -0.2) is 13.1 Å². The minimum Gasteiger partial charge on any atom is -0.361 e. The third kappa shape index (κ3) is 4.45. The molecule has 2 aromatic carbocycles. The second-order valence-electron chi connectivity index (χ2n) is 6.03. The van der Waals surface area contributed by atoms with Crippen LogP contribution in [0, 0.1) is 0 Å². The van der Waals surface area contributed by atoms with Crippen molar-refractivity contribution in [3.8, 4) is 0 Å². The van der Waals surface area contributed by atoms with Gasteiger partial charge >= 0.3 is 0 Å². The zero-order valence-corrected chi connectivity index (χ0v) is 15.6. The number of sulfonamides is 1. The van der Waals surface area contributed by atoms with Crippen molar-refractivity contribution < 1.29 is 13.2 Å². The number of benzene rings is 2. The Labute approximate surface area is 158 Å². The lowest BCUT2D eigenvalue weighted by Crippen LogP contribution is -2.26. The van der Waals surface area contributed by atoms with E-state index in [0.29, 0.717) is 18.5 Å². The highest BCUT2D eigenvalue weighted by molar-refractivity contribution is 7.89. The molecule has 0 saturated carbocycles. The van der Waals surface area contributed by atoms with E-state index in [4.69, 9.17) is 0 Å². The molecule has 0 saturated heterocycles. The van der Waals surface area contributed by atoms with Crippen LogP contribution in [-0.4, -0.2) is 32.4 Å². The molecule has 0 bridgehead atoms. The molecule has 0 aliphatic rings. The summed E-state index contributed by atoms with van der Waals surface area (Å²) in [5.74, 6) is -0.238. The van der Waals surface area contributed by atoms with Crippen molar-refractivity contribution in [3.05, 3.63) is 78.5 Å². The molecule has 0 radical (unpaired) electrons. The Bertz CT molecular complexity index is 1050. The molecule has 0 aliphatic carbocycles. The van der Waals surface area contributed by atoms with Crippen molar-refractivity contribution in [1.82, 2.24) is 15.0 Å². The molecule has 3 N–H and O–H groups in total. The summed E-state index contributed by atoms with van der Waals surface area (Å²) >= 11 is 0. The summed E-state index contributed by atoms with van der Waals surface area (Å²) in [5.41, 5.74) is 2.62. The van der Waals surface area contributed by atoms with Crippen LogP contribution in [0.5, 0.6) is 0 Å². The number of nitrogens with one attached hydrogen (secondary N) is 3. The van der Waals surface area contributed by atoms with E-state index in [-0.39, 0.29) is 17.3 Å². The van der Waals surface area contributed by atoms with Crippen molar-refractivity contribution in [1.29, 1.82) is 0 Å². The van der Waals surface area contributed by atoms with Crippen LogP contribution < -0.4 is 10.0 Å². The van der Waals surface area contributed by atoms with Crippen LogP contribution in [0.3, 0.4) is 0 Å². The van der Waals surface area contributed by atoms with Crippen LogP contribution in [0.25, 0.3) is 10.9 Å². The fourth-order valence-electron chi connectivity index (χ4n) is 2.79. The van der Waals surface area contributed by atoms with Gasteiger partial charge < -0.3 is 10.3 Å². The number of para-hydroxylation sites is 1. The number of aromatic nitrogens is 1. The molecule has 3 aromatic rings. The van der Waals surface area contributed by atoms with Gasteiger partial charge in [0.1, 0.15) is 0 Å². The lowest BCUT2D eigenvalue weighted by atomic mass is 10.1. The monoisotopic (exact) mass is 383 g/mol. The predicted octanol–water partition coefficient (Wildman–Crippen LogP) is 2.60. The highest BCUT2D eigenvalue weighted by atomic mass is 32.2. The average molecular weight is 383 g/mol. The van der Waals surface area contributed by atoms with Crippen molar-refractivity contribution in [3.63, 3.8) is 0 Å². The van der Waals surface area contributed by atoms with Gasteiger partial charge in [-0.05, 0) is 42.3 Å². The number of amides is 1. The van der Waals surface area contributed by atoms with E-state index >= 15 is 0 Å². The second-order valence-corrected chi connectivity index (χ2v) is 7.80. The lowest BCUT2D eigenvalue weighted by molar-refractivity contribution is 0.0954. The minimum atomic E-state index is -3.59. The van der Waals surface area contributed by atoms with Crippen LogP contribution >= 0.6 is 0 Å².